The summed E-state index contributed by atoms with van der Waals surface area (Å²) < 4.78 is 5.12. The van der Waals surface area contributed by atoms with Crippen LogP contribution in [-0.2, 0) is 14.3 Å². The van der Waals surface area contributed by atoms with Crippen LogP contribution in [-0.4, -0.2) is 41.1 Å². The van der Waals surface area contributed by atoms with Crippen LogP contribution in [0.5, 0.6) is 0 Å². The summed E-state index contributed by atoms with van der Waals surface area (Å²) in [4.78, 5) is 36.8. The Labute approximate surface area is 139 Å². The standard InChI is InChI=1S/C17H20N2O5/c1-3-24-16(22)14-11(2)19(10-9-13(20)21)17(23)18-15(14)12-7-5-4-6-8-12/h4-8,15H,3,9-10H2,1-2H3,(H,18,23)(H,20,21). The van der Waals surface area contributed by atoms with Gasteiger partial charge in [-0.25, -0.2) is 9.59 Å². The summed E-state index contributed by atoms with van der Waals surface area (Å²) in [6.45, 7) is 3.52. The number of carbonyl (C=O) groups is 3. The second-order valence-electron chi connectivity index (χ2n) is 5.31. The van der Waals surface area contributed by atoms with Gasteiger partial charge in [0.1, 0.15) is 0 Å². The van der Waals surface area contributed by atoms with Gasteiger partial charge in [0.05, 0.1) is 24.6 Å². The summed E-state index contributed by atoms with van der Waals surface area (Å²) in [5.41, 5.74) is 1.48. The van der Waals surface area contributed by atoms with Crippen LogP contribution in [0.1, 0.15) is 31.9 Å². The van der Waals surface area contributed by atoms with Gasteiger partial charge in [-0.2, -0.15) is 0 Å². The lowest BCUT2D eigenvalue weighted by Gasteiger charge is -2.35. The summed E-state index contributed by atoms with van der Waals surface area (Å²) in [5, 5.41) is 11.6. The second kappa shape index (κ2) is 7.63. The number of hydrogen-bond donors (Lipinski definition) is 2. The van der Waals surface area contributed by atoms with E-state index in [1.807, 2.05) is 30.3 Å². The number of aliphatic carboxylic acids is 1. The van der Waals surface area contributed by atoms with Gasteiger partial charge in [-0.3, -0.25) is 9.69 Å². The highest BCUT2D eigenvalue weighted by Gasteiger charge is 2.36. The highest BCUT2D eigenvalue weighted by Crippen LogP contribution is 2.31. The molecule has 0 saturated carbocycles. The maximum absolute atomic E-state index is 12.4. The van der Waals surface area contributed by atoms with Crippen LogP contribution in [0.3, 0.4) is 0 Å². The van der Waals surface area contributed by atoms with Gasteiger partial charge in [-0.15, -0.1) is 0 Å². The van der Waals surface area contributed by atoms with Crippen molar-refractivity contribution in [3.8, 4) is 0 Å². The molecule has 0 spiro atoms. The van der Waals surface area contributed by atoms with Gasteiger partial charge in [0, 0.05) is 12.2 Å². The Kier molecular flexibility index (Phi) is 5.57. The first-order valence-corrected chi connectivity index (χ1v) is 7.68. The molecule has 1 atom stereocenters. The number of allylic oxidation sites excluding steroid dienone is 1. The second-order valence-corrected chi connectivity index (χ2v) is 5.31. The molecule has 0 saturated heterocycles. The van der Waals surface area contributed by atoms with E-state index in [1.165, 1.54) is 4.90 Å². The van der Waals surface area contributed by atoms with Gasteiger partial charge in [-0.05, 0) is 19.4 Å². The van der Waals surface area contributed by atoms with E-state index in [0.717, 1.165) is 5.56 Å². The Morgan fingerprint density at radius 3 is 2.54 bits per heavy atom. The third-order valence-electron chi connectivity index (χ3n) is 3.77. The molecule has 2 rings (SSSR count). The van der Waals surface area contributed by atoms with Crippen molar-refractivity contribution in [2.45, 2.75) is 26.3 Å². The smallest absolute Gasteiger partial charge is 0.338 e. The first kappa shape index (κ1) is 17.5. The average Bonchev–Trinajstić information content (AvgIpc) is 2.54. The van der Waals surface area contributed by atoms with Gasteiger partial charge >= 0.3 is 18.0 Å². The predicted octanol–water partition coefficient (Wildman–Crippen LogP) is 2.06. The minimum absolute atomic E-state index is 0.0165. The van der Waals surface area contributed by atoms with Crippen molar-refractivity contribution in [2.75, 3.05) is 13.2 Å². The molecule has 1 aliphatic rings. The van der Waals surface area contributed by atoms with Crippen molar-refractivity contribution in [1.29, 1.82) is 0 Å². The molecule has 0 aromatic heterocycles. The lowest BCUT2D eigenvalue weighted by molar-refractivity contribution is -0.139. The van der Waals surface area contributed by atoms with E-state index >= 15 is 0 Å². The molecule has 1 aromatic rings. The molecule has 7 nitrogen and oxygen atoms in total. The molecule has 1 heterocycles. The molecule has 0 fully saturated rings. The lowest BCUT2D eigenvalue weighted by Crippen LogP contribution is -2.48. The third-order valence-corrected chi connectivity index (χ3v) is 3.77. The Morgan fingerprint density at radius 1 is 1.29 bits per heavy atom. The molecule has 7 heteroatoms. The predicted molar refractivity (Wildman–Crippen MR) is 86.0 cm³/mol. The average molecular weight is 332 g/mol. The molecule has 1 aliphatic heterocycles. The molecule has 2 amide bonds. The highest BCUT2D eigenvalue weighted by molar-refractivity contribution is 5.95. The van der Waals surface area contributed by atoms with E-state index in [1.54, 1.807) is 13.8 Å². The molecule has 2 N–H and O–H groups in total. The lowest BCUT2D eigenvalue weighted by atomic mass is 9.95. The van der Waals surface area contributed by atoms with Crippen molar-refractivity contribution in [3.63, 3.8) is 0 Å². The number of amides is 2. The van der Waals surface area contributed by atoms with Crippen LogP contribution >= 0.6 is 0 Å². The fourth-order valence-electron chi connectivity index (χ4n) is 2.63. The zero-order valence-corrected chi connectivity index (χ0v) is 13.6. The van der Waals surface area contributed by atoms with E-state index in [4.69, 9.17) is 9.84 Å². The van der Waals surface area contributed by atoms with E-state index in [0.29, 0.717) is 11.3 Å². The molecule has 1 aromatic carbocycles. The van der Waals surface area contributed by atoms with E-state index < -0.39 is 24.0 Å². The van der Waals surface area contributed by atoms with Crippen LogP contribution in [0, 0.1) is 0 Å². The van der Waals surface area contributed by atoms with Crippen molar-refractivity contribution < 1.29 is 24.2 Å². The number of hydrogen-bond acceptors (Lipinski definition) is 4. The van der Waals surface area contributed by atoms with E-state index in [2.05, 4.69) is 5.32 Å². The third kappa shape index (κ3) is 3.73. The maximum Gasteiger partial charge on any atom is 0.338 e. The molecule has 0 aliphatic carbocycles. The van der Waals surface area contributed by atoms with Crippen LogP contribution in [0.4, 0.5) is 4.79 Å². The molecule has 1 unspecified atom stereocenters. The fourth-order valence-corrected chi connectivity index (χ4v) is 2.63. The van der Waals surface area contributed by atoms with Crippen LogP contribution < -0.4 is 5.32 Å². The number of nitrogens with one attached hydrogen (secondary N) is 1. The Hall–Kier alpha value is -2.83. The van der Waals surface area contributed by atoms with Crippen molar-refractivity contribution in [1.82, 2.24) is 10.2 Å². The largest absolute Gasteiger partial charge is 0.481 e. The SMILES string of the molecule is CCOC(=O)C1=C(C)N(CCC(=O)O)C(=O)NC1c1ccccc1. The summed E-state index contributed by atoms with van der Waals surface area (Å²) in [6.07, 6.45) is -0.211. The normalized spacial score (nSPS) is 17.5. The fraction of sp³-hybridized carbons (Fsp3) is 0.353. The first-order chi connectivity index (χ1) is 11.5. The number of urea groups is 1. The number of ether oxygens (including phenoxy) is 1. The van der Waals surface area contributed by atoms with Crippen LogP contribution in [0.25, 0.3) is 0 Å². The number of rotatable bonds is 6. The van der Waals surface area contributed by atoms with Crippen LogP contribution in [0.2, 0.25) is 0 Å². The summed E-state index contributed by atoms with van der Waals surface area (Å²) in [7, 11) is 0. The van der Waals surface area contributed by atoms with Gasteiger partial charge in [-0.1, -0.05) is 30.3 Å². The Balaban J connectivity index is 2.43. The molecule has 128 valence electrons. The van der Waals surface area contributed by atoms with Crippen LogP contribution in [0.15, 0.2) is 41.6 Å². The molecular formula is C17H20N2O5. The maximum atomic E-state index is 12.4. The number of carboxylic acids is 1. The number of benzene rings is 1. The van der Waals surface area contributed by atoms with Crippen molar-refractivity contribution in [3.05, 3.63) is 47.2 Å². The number of carbonyl (C=O) groups excluding carboxylic acids is 2. The van der Waals surface area contributed by atoms with Gasteiger partial charge < -0.3 is 15.2 Å². The minimum Gasteiger partial charge on any atom is -0.481 e. The number of nitrogens with zero attached hydrogens (tertiary/aromatic N) is 1. The Morgan fingerprint density at radius 2 is 1.96 bits per heavy atom. The number of esters is 1. The van der Waals surface area contributed by atoms with Crippen molar-refractivity contribution in [2.24, 2.45) is 0 Å². The van der Waals surface area contributed by atoms with E-state index in [-0.39, 0.29) is 19.6 Å². The summed E-state index contributed by atoms with van der Waals surface area (Å²) in [6, 6.07) is 8.03. The molecular weight excluding hydrogens is 312 g/mol. The van der Waals surface area contributed by atoms with Crippen molar-refractivity contribution >= 4 is 18.0 Å². The first-order valence-electron chi connectivity index (χ1n) is 7.68. The van der Waals surface area contributed by atoms with Gasteiger partial charge in [0.15, 0.2) is 0 Å². The minimum atomic E-state index is -1.02. The monoisotopic (exact) mass is 332 g/mol. The highest BCUT2D eigenvalue weighted by atomic mass is 16.5. The topological polar surface area (TPSA) is 95.9 Å². The van der Waals surface area contributed by atoms with Gasteiger partial charge in [0.25, 0.3) is 0 Å². The zero-order valence-electron chi connectivity index (χ0n) is 13.6. The zero-order chi connectivity index (χ0) is 17.7. The summed E-state index contributed by atoms with van der Waals surface area (Å²) >= 11 is 0. The molecule has 0 bridgehead atoms. The van der Waals surface area contributed by atoms with E-state index in [9.17, 15) is 14.4 Å². The quantitative estimate of drug-likeness (QED) is 0.778. The van der Waals surface area contributed by atoms with Gasteiger partial charge in [0.2, 0.25) is 0 Å². The Bertz CT molecular complexity index is 669. The molecule has 0 radical (unpaired) electrons. The number of carboxylic acid groups (broad SMARTS) is 1. The molecule has 24 heavy (non-hydrogen) atoms. The summed E-state index contributed by atoms with van der Waals surface area (Å²) in [5.74, 6) is -1.54.